The van der Waals surface area contributed by atoms with Crippen LogP contribution in [0.25, 0.3) is 0 Å². The number of nitrogens with one attached hydrogen (secondary N) is 1. The van der Waals surface area contributed by atoms with Crippen LogP contribution in [0.3, 0.4) is 0 Å². The van der Waals surface area contributed by atoms with Gasteiger partial charge in [-0.15, -0.1) is 0 Å². The van der Waals surface area contributed by atoms with E-state index in [4.69, 9.17) is 4.74 Å². The fraction of sp³-hybridized carbons (Fsp3) is 0.200. The standard InChI is InChI=1S/C15H16FNO3S/c1-20-15-4-2-3-13(9-15)10-17-21(18,19)11-12-5-7-14(16)8-6-12/h2-9,17H,10-11H2,1H3. The van der Waals surface area contributed by atoms with Crippen LogP contribution in [-0.4, -0.2) is 15.5 Å². The average molecular weight is 309 g/mol. The molecule has 0 radical (unpaired) electrons. The van der Waals surface area contributed by atoms with Gasteiger partial charge in [0.25, 0.3) is 0 Å². The molecule has 2 aromatic rings. The lowest BCUT2D eigenvalue weighted by molar-refractivity contribution is 0.414. The second kappa shape index (κ2) is 6.69. The number of sulfonamides is 1. The van der Waals surface area contributed by atoms with Crippen LogP contribution in [0.15, 0.2) is 48.5 Å². The smallest absolute Gasteiger partial charge is 0.216 e. The molecule has 1 N–H and O–H groups in total. The highest BCUT2D eigenvalue weighted by Gasteiger charge is 2.11. The lowest BCUT2D eigenvalue weighted by Gasteiger charge is -2.08. The SMILES string of the molecule is COc1cccc(CNS(=O)(=O)Cc2ccc(F)cc2)c1. The zero-order valence-electron chi connectivity index (χ0n) is 11.5. The van der Waals surface area contributed by atoms with Crippen molar-refractivity contribution in [2.75, 3.05) is 7.11 Å². The number of hydrogen-bond acceptors (Lipinski definition) is 3. The summed E-state index contributed by atoms with van der Waals surface area (Å²) >= 11 is 0. The first kappa shape index (κ1) is 15.5. The van der Waals surface area contributed by atoms with Crippen molar-refractivity contribution >= 4 is 10.0 Å². The van der Waals surface area contributed by atoms with Crippen LogP contribution in [0.1, 0.15) is 11.1 Å². The van der Waals surface area contributed by atoms with Gasteiger partial charge in [0.1, 0.15) is 11.6 Å². The Labute approximate surface area is 123 Å². The maximum Gasteiger partial charge on any atom is 0.216 e. The van der Waals surface area contributed by atoms with Crippen molar-refractivity contribution in [1.82, 2.24) is 4.72 Å². The maximum absolute atomic E-state index is 12.8. The number of rotatable bonds is 6. The Kier molecular flexibility index (Phi) is 4.93. The molecule has 0 heterocycles. The molecule has 4 nitrogen and oxygen atoms in total. The zero-order chi connectivity index (χ0) is 15.3. The minimum Gasteiger partial charge on any atom is -0.497 e. The summed E-state index contributed by atoms with van der Waals surface area (Å²) in [6, 6.07) is 12.6. The van der Waals surface area contributed by atoms with E-state index in [1.165, 1.54) is 24.3 Å². The van der Waals surface area contributed by atoms with Crippen LogP contribution in [0.5, 0.6) is 5.75 Å². The Morgan fingerprint density at radius 3 is 2.48 bits per heavy atom. The van der Waals surface area contributed by atoms with Gasteiger partial charge in [-0.05, 0) is 35.4 Å². The highest BCUT2D eigenvalue weighted by Crippen LogP contribution is 2.13. The lowest BCUT2D eigenvalue weighted by Crippen LogP contribution is -2.24. The fourth-order valence-corrected chi connectivity index (χ4v) is 2.95. The van der Waals surface area contributed by atoms with Gasteiger partial charge < -0.3 is 4.74 Å². The maximum atomic E-state index is 12.8. The third kappa shape index (κ3) is 4.84. The van der Waals surface area contributed by atoms with Crippen LogP contribution in [0.4, 0.5) is 4.39 Å². The summed E-state index contributed by atoms with van der Waals surface area (Å²) in [5.74, 6) is 0.0998. The molecule has 0 aliphatic carbocycles. The number of benzene rings is 2. The Balaban J connectivity index is 1.99. The van der Waals surface area contributed by atoms with Gasteiger partial charge in [-0.3, -0.25) is 0 Å². The van der Waals surface area contributed by atoms with E-state index in [-0.39, 0.29) is 18.1 Å². The first-order chi connectivity index (χ1) is 9.98. The Hall–Kier alpha value is -1.92. The molecule has 0 fully saturated rings. The average Bonchev–Trinajstić information content (AvgIpc) is 2.48. The van der Waals surface area contributed by atoms with Crippen molar-refractivity contribution in [3.05, 3.63) is 65.5 Å². The summed E-state index contributed by atoms with van der Waals surface area (Å²) in [5, 5.41) is 0. The van der Waals surface area contributed by atoms with Gasteiger partial charge in [0.2, 0.25) is 10.0 Å². The highest BCUT2D eigenvalue weighted by atomic mass is 32.2. The van der Waals surface area contributed by atoms with Crippen molar-refractivity contribution in [2.24, 2.45) is 0 Å². The summed E-state index contributed by atoms with van der Waals surface area (Å²) in [6.45, 7) is 0.181. The van der Waals surface area contributed by atoms with E-state index in [2.05, 4.69) is 4.72 Å². The predicted molar refractivity (Wildman–Crippen MR) is 78.9 cm³/mol. The molecule has 0 spiro atoms. The van der Waals surface area contributed by atoms with E-state index in [0.717, 1.165) is 5.56 Å². The molecule has 0 saturated heterocycles. The third-order valence-electron chi connectivity index (χ3n) is 2.90. The summed E-state index contributed by atoms with van der Waals surface area (Å²) in [7, 11) is -1.93. The molecule has 0 amide bonds. The van der Waals surface area contributed by atoms with Crippen molar-refractivity contribution < 1.29 is 17.5 Å². The molecule has 112 valence electrons. The number of hydrogen-bond donors (Lipinski definition) is 1. The minimum absolute atomic E-state index is 0.181. The van der Waals surface area contributed by atoms with Crippen molar-refractivity contribution in [3.63, 3.8) is 0 Å². The van der Waals surface area contributed by atoms with Gasteiger partial charge in [-0.25, -0.2) is 17.5 Å². The molecule has 0 aliphatic rings. The van der Waals surface area contributed by atoms with E-state index in [9.17, 15) is 12.8 Å². The van der Waals surface area contributed by atoms with Crippen LogP contribution < -0.4 is 9.46 Å². The molecule has 0 atom stereocenters. The van der Waals surface area contributed by atoms with Crippen molar-refractivity contribution in [3.8, 4) is 5.75 Å². The second-order valence-electron chi connectivity index (χ2n) is 4.56. The van der Waals surface area contributed by atoms with Gasteiger partial charge in [0.05, 0.1) is 12.9 Å². The molecule has 6 heteroatoms. The van der Waals surface area contributed by atoms with Gasteiger partial charge in [0.15, 0.2) is 0 Å². The van der Waals surface area contributed by atoms with Gasteiger partial charge in [-0.1, -0.05) is 24.3 Å². The first-order valence-corrected chi connectivity index (χ1v) is 7.98. The topological polar surface area (TPSA) is 55.4 Å². The normalized spacial score (nSPS) is 11.3. The molecule has 0 unspecified atom stereocenters. The molecular weight excluding hydrogens is 293 g/mol. The molecule has 0 saturated carbocycles. The minimum atomic E-state index is -3.48. The van der Waals surface area contributed by atoms with Crippen molar-refractivity contribution in [2.45, 2.75) is 12.3 Å². The predicted octanol–water partition coefficient (Wildman–Crippen LogP) is 2.45. The lowest BCUT2D eigenvalue weighted by atomic mass is 10.2. The number of methoxy groups -OCH3 is 1. The zero-order valence-corrected chi connectivity index (χ0v) is 12.4. The van der Waals surface area contributed by atoms with Crippen molar-refractivity contribution in [1.29, 1.82) is 0 Å². The molecule has 0 aliphatic heterocycles. The van der Waals surface area contributed by atoms with E-state index >= 15 is 0 Å². The van der Waals surface area contributed by atoms with E-state index in [1.54, 1.807) is 25.3 Å². The molecule has 2 rings (SSSR count). The second-order valence-corrected chi connectivity index (χ2v) is 6.37. The first-order valence-electron chi connectivity index (χ1n) is 6.33. The molecular formula is C15H16FNO3S. The molecule has 0 aromatic heterocycles. The molecule has 21 heavy (non-hydrogen) atoms. The number of halogens is 1. The summed E-state index contributed by atoms with van der Waals surface area (Å²) < 4.78 is 44.3. The molecule has 0 bridgehead atoms. The van der Waals surface area contributed by atoms with E-state index < -0.39 is 10.0 Å². The van der Waals surface area contributed by atoms with Gasteiger partial charge in [-0.2, -0.15) is 0 Å². The number of ether oxygens (including phenoxy) is 1. The Bertz CT molecular complexity index is 699. The van der Waals surface area contributed by atoms with Crippen LogP contribution in [0.2, 0.25) is 0 Å². The third-order valence-corrected chi connectivity index (χ3v) is 4.20. The Morgan fingerprint density at radius 2 is 1.81 bits per heavy atom. The van der Waals surface area contributed by atoms with E-state index in [1.807, 2.05) is 6.07 Å². The summed E-state index contributed by atoms with van der Waals surface area (Å²) in [4.78, 5) is 0. The highest BCUT2D eigenvalue weighted by molar-refractivity contribution is 7.88. The van der Waals surface area contributed by atoms with Crippen LogP contribution in [0, 0.1) is 5.82 Å². The largest absolute Gasteiger partial charge is 0.497 e. The molecule has 2 aromatic carbocycles. The monoisotopic (exact) mass is 309 g/mol. The fourth-order valence-electron chi connectivity index (χ4n) is 1.83. The Morgan fingerprint density at radius 1 is 1.10 bits per heavy atom. The van der Waals surface area contributed by atoms with Crippen LogP contribution in [-0.2, 0) is 22.3 Å². The van der Waals surface area contributed by atoms with Gasteiger partial charge >= 0.3 is 0 Å². The van der Waals surface area contributed by atoms with Crippen LogP contribution >= 0.6 is 0 Å². The quantitative estimate of drug-likeness (QED) is 0.892. The van der Waals surface area contributed by atoms with E-state index in [0.29, 0.717) is 11.3 Å². The summed E-state index contributed by atoms with van der Waals surface area (Å²) in [5.41, 5.74) is 1.34. The van der Waals surface area contributed by atoms with Gasteiger partial charge in [0, 0.05) is 6.54 Å². The summed E-state index contributed by atoms with van der Waals surface area (Å²) in [6.07, 6.45) is 0.